The normalized spacial score (nSPS) is 22.4. The average Bonchev–Trinajstić information content (AvgIpc) is 2.38. The monoisotopic (exact) mass is 235 g/mol. The fraction of sp³-hybridized carbons (Fsp3) is 0.692. The molecular formula is C13H21N3O. The third-order valence-electron chi connectivity index (χ3n) is 3.17. The molecule has 0 amide bonds. The predicted octanol–water partition coefficient (Wildman–Crippen LogP) is 1.86. The second-order valence-electron chi connectivity index (χ2n) is 4.63. The molecule has 0 bridgehead atoms. The van der Waals surface area contributed by atoms with Crippen LogP contribution >= 0.6 is 0 Å². The summed E-state index contributed by atoms with van der Waals surface area (Å²) < 4.78 is 5.56. The van der Waals surface area contributed by atoms with E-state index in [-0.39, 0.29) is 6.04 Å². The lowest BCUT2D eigenvalue weighted by molar-refractivity contribution is 0.0379. The topological polar surface area (TPSA) is 47.0 Å². The van der Waals surface area contributed by atoms with Crippen LogP contribution < -0.4 is 5.32 Å². The van der Waals surface area contributed by atoms with Gasteiger partial charge in [-0.3, -0.25) is 0 Å². The minimum atomic E-state index is 0.223. The molecule has 2 rings (SSSR count). The molecule has 0 saturated carbocycles. The molecular weight excluding hydrogens is 214 g/mol. The number of aryl methyl sites for hydroxylation is 1. The first-order chi connectivity index (χ1) is 8.31. The van der Waals surface area contributed by atoms with Gasteiger partial charge < -0.3 is 10.1 Å². The van der Waals surface area contributed by atoms with Crippen LogP contribution in [0, 0.1) is 12.8 Å². The van der Waals surface area contributed by atoms with Crippen LogP contribution in [0.4, 0.5) is 0 Å². The maximum absolute atomic E-state index is 5.56. The largest absolute Gasteiger partial charge is 0.381 e. The molecule has 1 fully saturated rings. The zero-order chi connectivity index (χ0) is 12.1. The molecule has 0 aliphatic carbocycles. The lowest BCUT2D eigenvalue weighted by atomic mass is 9.93. The second kappa shape index (κ2) is 6.07. The summed E-state index contributed by atoms with van der Waals surface area (Å²) in [4.78, 5) is 8.89. The number of rotatable bonds is 4. The molecule has 17 heavy (non-hydrogen) atoms. The third kappa shape index (κ3) is 3.23. The van der Waals surface area contributed by atoms with Crippen molar-refractivity contribution in [1.29, 1.82) is 0 Å². The first-order valence-corrected chi connectivity index (χ1v) is 6.41. The average molecular weight is 235 g/mol. The number of nitrogens with zero attached hydrogens (tertiary/aromatic N) is 2. The summed E-state index contributed by atoms with van der Waals surface area (Å²) in [7, 11) is 0. The Labute approximate surface area is 103 Å². The van der Waals surface area contributed by atoms with Gasteiger partial charge in [-0.1, -0.05) is 6.92 Å². The van der Waals surface area contributed by atoms with E-state index in [1.54, 1.807) is 0 Å². The zero-order valence-corrected chi connectivity index (χ0v) is 10.6. The minimum Gasteiger partial charge on any atom is -0.381 e. The SMILES string of the molecule is CCNC(c1ncc(C)cn1)C1CCCOC1. The van der Waals surface area contributed by atoms with Crippen molar-refractivity contribution in [3.8, 4) is 0 Å². The Morgan fingerprint density at radius 3 is 2.82 bits per heavy atom. The maximum Gasteiger partial charge on any atom is 0.145 e. The Morgan fingerprint density at radius 2 is 2.24 bits per heavy atom. The minimum absolute atomic E-state index is 0.223. The summed E-state index contributed by atoms with van der Waals surface area (Å²) in [5.74, 6) is 1.39. The van der Waals surface area contributed by atoms with E-state index in [1.807, 2.05) is 19.3 Å². The van der Waals surface area contributed by atoms with Crippen LogP contribution in [0.1, 0.15) is 37.2 Å². The van der Waals surface area contributed by atoms with E-state index >= 15 is 0 Å². The molecule has 2 heterocycles. The first-order valence-electron chi connectivity index (χ1n) is 6.41. The van der Waals surface area contributed by atoms with Crippen LogP contribution in [-0.2, 0) is 4.74 Å². The highest BCUT2D eigenvalue weighted by Crippen LogP contribution is 2.26. The summed E-state index contributed by atoms with van der Waals surface area (Å²) >= 11 is 0. The molecule has 1 aromatic heterocycles. The van der Waals surface area contributed by atoms with Crippen LogP contribution in [0.25, 0.3) is 0 Å². The molecule has 1 aliphatic heterocycles. The molecule has 1 saturated heterocycles. The Balaban J connectivity index is 2.12. The Morgan fingerprint density at radius 1 is 1.47 bits per heavy atom. The number of nitrogens with one attached hydrogen (secondary N) is 1. The number of aromatic nitrogens is 2. The maximum atomic E-state index is 5.56. The van der Waals surface area contributed by atoms with Gasteiger partial charge in [-0.15, -0.1) is 0 Å². The van der Waals surface area contributed by atoms with Gasteiger partial charge in [0.2, 0.25) is 0 Å². The number of ether oxygens (including phenoxy) is 1. The predicted molar refractivity (Wildman–Crippen MR) is 66.7 cm³/mol. The Bertz CT molecular complexity index is 333. The fourth-order valence-electron chi connectivity index (χ4n) is 2.28. The molecule has 1 aromatic rings. The van der Waals surface area contributed by atoms with Gasteiger partial charge in [-0.05, 0) is 31.9 Å². The highest BCUT2D eigenvalue weighted by Gasteiger charge is 2.26. The molecule has 0 radical (unpaired) electrons. The molecule has 94 valence electrons. The van der Waals surface area contributed by atoms with Gasteiger partial charge in [0.15, 0.2) is 0 Å². The van der Waals surface area contributed by atoms with Crippen LogP contribution in [0.15, 0.2) is 12.4 Å². The summed E-state index contributed by atoms with van der Waals surface area (Å²) in [5.41, 5.74) is 1.10. The van der Waals surface area contributed by atoms with Gasteiger partial charge in [0.25, 0.3) is 0 Å². The molecule has 0 spiro atoms. The van der Waals surface area contributed by atoms with E-state index in [2.05, 4.69) is 22.2 Å². The number of hydrogen-bond acceptors (Lipinski definition) is 4. The molecule has 2 unspecified atom stereocenters. The van der Waals surface area contributed by atoms with E-state index in [1.165, 1.54) is 6.42 Å². The van der Waals surface area contributed by atoms with Crippen molar-refractivity contribution in [2.75, 3.05) is 19.8 Å². The van der Waals surface area contributed by atoms with E-state index in [9.17, 15) is 0 Å². The number of hydrogen-bond donors (Lipinski definition) is 1. The van der Waals surface area contributed by atoms with Gasteiger partial charge in [-0.2, -0.15) is 0 Å². The fourth-order valence-corrected chi connectivity index (χ4v) is 2.28. The van der Waals surface area contributed by atoms with Crippen molar-refractivity contribution >= 4 is 0 Å². The Kier molecular flexibility index (Phi) is 4.45. The summed E-state index contributed by atoms with van der Waals surface area (Å²) in [6.07, 6.45) is 6.10. The van der Waals surface area contributed by atoms with Gasteiger partial charge in [0.1, 0.15) is 5.82 Å². The lowest BCUT2D eigenvalue weighted by Gasteiger charge is -2.29. The van der Waals surface area contributed by atoms with E-state index < -0.39 is 0 Å². The van der Waals surface area contributed by atoms with Crippen LogP contribution in [-0.4, -0.2) is 29.7 Å². The molecule has 1 aliphatic rings. The quantitative estimate of drug-likeness (QED) is 0.865. The van der Waals surface area contributed by atoms with Gasteiger partial charge in [-0.25, -0.2) is 9.97 Å². The van der Waals surface area contributed by atoms with Crippen LogP contribution in [0.3, 0.4) is 0 Å². The second-order valence-corrected chi connectivity index (χ2v) is 4.63. The first kappa shape index (κ1) is 12.5. The highest BCUT2D eigenvalue weighted by molar-refractivity contribution is 5.05. The van der Waals surface area contributed by atoms with Crippen molar-refractivity contribution in [3.63, 3.8) is 0 Å². The molecule has 4 heteroatoms. The van der Waals surface area contributed by atoms with Gasteiger partial charge in [0.05, 0.1) is 12.6 Å². The van der Waals surface area contributed by atoms with E-state index in [4.69, 9.17) is 4.74 Å². The molecule has 4 nitrogen and oxygen atoms in total. The van der Waals surface area contributed by atoms with Crippen LogP contribution in [0.5, 0.6) is 0 Å². The summed E-state index contributed by atoms with van der Waals surface area (Å²) in [6.45, 7) is 6.76. The van der Waals surface area contributed by atoms with Crippen molar-refractivity contribution in [2.45, 2.75) is 32.7 Å². The van der Waals surface area contributed by atoms with Gasteiger partial charge >= 0.3 is 0 Å². The molecule has 1 N–H and O–H groups in total. The van der Waals surface area contributed by atoms with Crippen molar-refractivity contribution < 1.29 is 4.74 Å². The zero-order valence-electron chi connectivity index (χ0n) is 10.6. The smallest absolute Gasteiger partial charge is 0.145 e. The molecule has 0 aromatic carbocycles. The molecule has 2 atom stereocenters. The summed E-state index contributed by atoms with van der Waals surface area (Å²) in [6, 6.07) is 0.223. The van der Waals surface area contributed by atoms with E-state index in [0.717, 1.165) is 37.6 Å². The summed E-state index contributed by atoms with van der Waals surface area (Å²) in [5, 5.41) is 3.48. The van der Waals surface area contributed by atoms with Crippen molar-refractivity contribution in [2.24, 2.45) is 5.92 Å². The Hall–Kier alpha value is -1.00. The van der Waals surface area contributed by atoms with E-state index in [0.29, 0.717) is 5.92 Å². The lowest BCUT2D eigenvalue weighted by Crippen LogP contribution is -2.34. The standard InChI is InChI=1S/C13H21N3O/c1-3-14-12(11-5-4-6-17-9-11)13-15-7-10(2)8-16-13/h7-8,11-12,14H,3-6,9H2,1-2H3. The van der Waals surface area contributed by atoms with Crippen molar-refractivity contribution in [1.82, 2.24) is 15.3 Å². The van der Waals surface area contributed by atoms with Crippen LogP contribution in [0.2, 0.25) is 0 Å². The third-order valence-corrected chi connectivity index (χ3v) is 3.17. The van der Waals surface area contributed by atoms with Crippen molar-refractivity contribution in [3.05, 3.63) is 23.8 Å². The van der Waals surface area contributed by atoms with Gasteiger partial charge in [0, 0.05) is 24.9 Å². The highest BCUT2D eigenvalue weighted by atomic mass is 16.5.